The summed E-state index contributed by atoms with van der Waals surface area (Å²) in [5, 5.41) is 0. The maximum atomic E-state index is 14.8. The minimum atomic E-state index is -0.574. The van der Waals surface area contributed by atoms with E-state index in [9.17, 15) is 8.78 Å². The zero-order valence-electron chi connectivity index (χ0n) is 16.1. The highest BCUT2D eigenvalue weighted by atomic mass is 19.1. The summed E-state index contributed by atoms with van der Waals surface area (Å²) in [5.41, 5.74) is 2.63. The van der Waals surface area contributed by atoms with Crippen molar-refractivity contribution in [1.82, 2.24) is 9.80 Å². The molecule has 0 fully saturated rings. The van der Waals surface area contributed by atoms with Crippen LogP contribution < -0.4 is 0 Å². The Morgan fingerprint density at radius 1 is 1.04 bits per heavy atom. The molecule has 0 radical (unpaired) electrons. The predicted molar refractivity (Wildman–Crippen MR) is 105 cm³/mol. The number of aliphatic imine (C=N–C) groups is 1. The third kappa shape index (κ3) is 3.87. The van der Waals surface area contributed by atoms with Crippen LogP contribution >= 0.6 is 0 Å². The first-order valence-electron chi connectivity index (χ1n) is 9.78. The lowest BCUT2D eigenvalue weighted by molar-refractivity contribution is 0.111. The first kappa shape index (κ1) is 18.9. The minimum absolute atomic E-state index is 0.393. The number of halogens is 2. The molecule has 2 aliphatic rings. The van der Waals surface area contributed by atoms with Crippen LogP contribution in [-0.2, 0) is 11.2 Å². The molecule has 148 valence electrons. The number of rotatable bonds is 1. The molecule has 2 aromatic rings. The Morgan fingerprint density at radius 3 is 2.75 bits per heavy atom. The molecular formula is C22H25F2N3O. The second-order valence-corrected chi connectivity index (χ2v) is 7.44. The lowest BCUT2D eigenvalue weighted by Gasteiger charge is -2.39. The number of hydrogen-bond donors (Lipinski definition) is 0. The number of fused-ring (bicyclic) bond motifs is 1. The average molecular weight is 385 g/mol. The quantitative estimate of drug-likeness (QED) is 0.744. The van der Waals surface area contributed by atoms with Crippen LogP contribution in [0, 0.1) is 11.6 Å². The summed E-state index contributed by atoms with van der Waals surface area (Å²) in [5.74, 6) is -1.12. The molecule has 0 saturated heterocycles. The highest BCUT2D eigenvalue weighted by Gasteiger charge is 2.33. The summed E-state index contributed by atoms with van der Waals surface area (Å²) in [4.78, 5) is 8.84. The zero-order valence-corrected chi connectivity index (χ0v) is 16.1. The van der Waals surface area contributed by atoms with Gasteiger partial charge in [0.1, 0.15) is 18.4 Å². The van der Waals surface area contributed by atoms with Crippen molar-refractivity contribution >= 4 is 6.02 Å². The van der Waals surface area contributed by atoms with Gasteiger partial charge in [0.05, 0.1) is 6.04 Å². The van der Waals surface area contributed by atoms with Crippen molar-refractivity contribution in [1.29, 1.82) is 0 Å². The molecule has 2 aliphatic heterocycles. The fourth-order valence-electron chi connectivity index (χ4n) is 3.95. The Bertz CT molecular complexity index is 871. The third-order valence-electron chi connectivity index (χ3n) is 5.40. The van der Waals surface area contributed by atoms with Gasteiger partial charge >= 0.3 is 0 Å². The van der Waals surface area contributed by atoms with E-state index in [4.69, 9.17) is 9.73 Å². The second-order valence-electron chi connectivity index (χ2n) is 7.44. The predicted octanol–water partition coefficient (Wildman–Crippen LogP) is 3.97. The van der Waals surface area contributed by atoms with Crippen molar-refractivity contribution < 1.29 is 13.5 Å². The first-order valence-corrected chi connectivity index (χ1v) is 9.78. The molecule has 0 unspecified atom stereocenters. The van der Waals surface area contributed by atoms with E-state index in [1.807, 2.05) is 30.1 Å². The van der Waals surface area contributed by atoms with E-state index in [2.05, 4.69) is 11.0 Å². The Kier molecular flexibility index (Phi) is 5.57. The lowest BCUT2D eigenvalue weighted by atomic mass is 9.88. The van der Waals surface area contributed by atoms with E-state index in [0.717, 1.165) is 37.4 Å². The van der Waals surface area contributed by atoms with Crippen molar-refractivity contribution in [2.75, 3.05) is 33.4 Å². The number of benzene rings is 2. The molecule has 0 aromatic heterocycles. The zero-order chi connectivity index (χ0) is 19.5. The molecule has 0 aliphatic carbocycles. The van der Waals surface area contributed by atoms with E-state index in [1.165, 1.54) is 17.7 Å². The Labute approximate surface area is 164 Å². The molecule has 4 rings (SSSR count). The van der Waals surface area contributed by atoms with Gasteiger partial charge in [-0.15, -0.1) is 0 Å². The Morgan fingerprint density at radius 2 is 1.89 bits per heavy atom. The van der Waals surface area contributed by atoms with Crippen molar-refractivity contribution in [2.45, 2.75) is 25.3 Å². The van der Waals surface area contributed by atoms with Crippen molar-refractivity contribution in [3.63, 3.8) is 0 Å². The van der Waals surface area contributed by atoms with Crippen LogP contribution in [-0.4, -0.2) is 49.2 Å². The van der Waals surface area contributed by atoms with Gasteiger partial charge in [0, 0.05) is 31.3 Å². The molecule has 28 heavy (non-hydrogen) atoms. The van der Waals surface area contributed by atoms with E-state index < -0.39 is 17.7 Å². The minimum Gasteiger partial charge on any atom is -0.449 e. The van der Waals surface area contributed by atoms with Crippen LogP contribution in [0.4, 0.5) is 8.78 Å². The van der Waals surface area contributed by atoms with Gasteiger partial charge in [-0.2, -0.15) is 0 Å². The first-order chi connectivity index (χ1) is 13.6. The molecular weight excluding hydrogens is 360 g/mol. The van der Waals surface area contributed by atoms with Crippen LogP contribution in [0.1, 0.15) is 35.6 Å². The lowest BCUT2D eigenvalue weighted by Crippen LogP contribution is -2.43. The van der Waals surface area contributed by atoms with Crippen molar-refractivity contribution in [3.8, 4) is 0 Å². The topological polar surface area (TPSA) is 28.1 Å². The highest BCUT2D eigenvalue weighted by molar-refractivity contribution is 5.75. The number of amidine groups is 1. The number of hydrogen-bond acceptors (Lipinski definition) is 4. The summed E-state index contributed by atoms with van der Waals surface area (Å²) in [6.45, 7) is 2.75. The van der Waals surface area contributed by atoms with Crippen LogP contribution in [0.25, 0.3) is 0 Å². The standard InChI is InChI=1S/C22H25F2N3O/c1-26-12-5-4-11-25-22(28-15-26)27-13-10-16-6-2-3-7-18(16)21(27)19-9-8-17(23)14-20(19)24/h2-3,6-9,14,21H,4-5,10-13,15H2,1H3/t21-/m1/s1. The largest absolute Gasteiger partial charge is 0.449 e. The van der Waals surface area contributed by atoms with Gasteiger partial charge < -0.3 is 9.64 Å². The van der Waals surface area contributed by atoms with Crippen LogP contribution in [0.2, 0.25) is 0 Å². The van der Waals surface area contributed by atoms with Crippen LogP contribution in [0.5, 0.6) is 0 Å². The Balaban J connectivity index is 1.76. The van der Waals surface area contributed by atoms with E-state index in [-0.39, 0.29) is 0 Å². The molecule has 0 amide bonds. The summed E-state index contributed by atoms with van der Waals surface area (Å²) >= 11 is 0. The molecule has 2 heterocycles. The van der Waals surface area contributed by atoms with Gasteiger partial charge in [-0.05, 0) is 43.5 Å². The summed E-state index contributed by atoms with van der Waals surface area (Å²) < 4.78 is 34.4. The van der Waals surface area contributed by atoms with E-state index >= 15 is 0 Å². The van der Waals surface area contributed by atoms with E-state index in [1.54, 1.807) is 0 Å². The number of ether oxygens (including phenoxy) is 1. The summed E-state index contributed by atoms with van der Waals surface area (Å²) in [6.07, 6.45) is 2.88. The monoisotopic (exact) mass is 385 g/mol. The maximum Gasteiger partial charge on any atom is 0.289 e. The average Bonchev–Trinajstić information content (AvgIpc) is 2.80. The summed E-state index contributed by atoms with van der Waals surface area (Å²) in [6, 6.07) is 12.0. The Hall–Kier alpha value is -2.47. The molecule has 0 bridgehead atoms. The van der Waals surface area contributed by atoms with Gasteiger partial charge in [0.25, 0.3) is 6.02 Å². The molecule has 6 heteroatoms. The molecule has 0 N–H and O–H groups in total. The summed E-state index contributed by atoms with van der Waals surface area (Å²) in [7, 11) is 2.02. The van der Waals surface area contributed by atoms with Crippen LogP contribution in [0.15, 0.2) is 47.5 Å². The second kappa shape index (κ2) is 8.27. The van der Waals surface area contributed by atoms with Gasteiger partial charge in [-0.25, -0.2) is 13.8 Å². The third-order valence-corrected chi connectivity index (χ3v) is 5.40. The van der Waals surface area contributed by atoms with Crippen molar-refractivity contribution in [2.24, 2.45) is 4.99 Å². The smallest absolute Gasteiger partial charge is 0.289 e. The van der Waals surface area contributed by atoms with E-state index in [0.29, 0.717) is 31.4 Å². The van der Waals surface area contributed by atoms with Gasteiger partial charge in [-0.1, -0.05) is 30.3 Å². The molecule has 0 spiro atoms. The normalized spacial score (nSPS) is 21.0. The van der Waals surface area contributed by atoms with Gasteiger partial charge in [-0.3, -0.25) is 4.90 Å². The van der Waals surface area contributed by atoms with Crippen molar-refractivity contribution in [3.05, 3.63) is 70.8 Å². The van der Waals surface area contributed by atoms with Crippen LogP contribution in [0.3, 0.4) is 0 Å². The molecule has 4 nitrogen and oxygen atoms in total. The fraction of sp³-hybridized carbons (Fsp3) is 0.409. The molecule has 1 atom stereocenters. The number of nitrogens with zero attached hydrogens (tertiary/aromatic N) is 3. The molecule has 0 saturated carbocycles. The highest BCUT2D eigenvalue weighted by Crippen LogP contribution is 2.37. The maximum absolute atomic E-state index is 14.8. The van der Waals surface area contributed by atoms with Gasteiger partial charge in [0.2, 0.25) is 0 Å². The van der Waals surface area contributed by atoms with Gasteiger partial charge in [0.15, 0.2) is 0 Å². The SMILES string of the molecule is CN1CCCCN=C(N2CCc3ccccc3[C@@H]2c2ccc(F)cc2F)OC1. The fourth-order valence-corrected chi connectivity index (χ4v) is 3.95. The molecule has 2 aromatic carbocycles.